The predicted molar refractivity (Wildman–Crippen MR) is 129 cm³/mol. The second kappa shape index (κ2) is 11.4. The molecule has 0 radical (unpaired) electrons. The standard InChI is InChI=1S/C24H40N6/c1-19-17-21(5-7-23(19)25)27-9-3-11-29-13-15-30(16-14-29)12-4-10-28-22-6-8-24(26)20(2)18-22/h5-8,17-19,23,27-28H,3-4,9-16,25-26H2,1-2H3. The number of nitrogens with zero attached hydrogens (tertiary/aromatic N) is 2. The first kappa shape index (κ1) is 22.7. The summed E-state index contributed by atoms with van der Waals surface area (Å²) in [5, 5.41) is 7.05. The summed E-state index contributed by atoms with van der Waals surface area (Å²) in [6.07, 6.45) is 8.80. The molecule has 166 valence electrons. The molecule has 0 spiro atoms. The lowest BCUT2D eigenvalue weighted by Gasteiger charge is -2.34. The molecule has 1 saturated heterocycles. The Morgan fingerprint density at radius 1 is 1.00 bits per heavy atom. The molecule has 1 aromatic carbocycles. The van der Waals surface area contributed by atoms with Crippen molar-refractivity contribution in [2.45, 2.75) is 32.7 Å². The Morgan fingerprint density at radius 3 is 2.23 bits per heavy atom. The molecule has 1 heterocycles. The highest BCUT2D eigenvalue weighted by atomic mass is 15.3. The molecule has 30 heavy (non-hydrogen) atoms. The number of allylic oxidation sites excluding steroid dienone is 1. The van der Waals surface area contributed by atoms with Crippen LogP contribution in [0.15, 0.2) is 42.1 Å². The van der Waals surface area contributed by atoms with E-state index in [9.17, 15) is 0 Å². The third kappa shape index (κ3) is 7.04. The normalized spacial score (nSPS) is 22.7. The average Bonchev–Trinajstić information content (AvgIpc) is 2.74. The van der Waals surface area contributed by atoms with Gasteiger partial charge in [0.2, 0.25) is 0 Å². The van der Waals surface area contributed by atoms with Crippen LogP contribution >= 0.6 is 0 Å². The van der Waals surface area contributed by atoms with Crippen LogP contribution < -0.4 is 22.1 Å². The van der Waals surface area contributed by atoms with E-state index in [1.54, 1.807) is 0 Å². The summed E-state index contributed by atoms with van der Waals surface area (Å²) in [6.45, 7) is 13.3. The third-order valence-corrected chi connectivity index (χ3v) is 6.24. The van der Waals surface area contributed by atoms with Crippen molar-refractivity contribution in [3.8, 4) is 0 Å². The van der Waals surface area contributed by atoms with Crippen LogP contribution in [0.25, 0.3) is 0 Å². The molecule has 6 heteroatoms. The number of benzene rings is 1. The highest BCUT2D eigenvalue weighted by molar-refractivity contribution is 5.56. The number of nitrogen functional groups attached to an aromatic ring is 1. The van der Waals surface area contributed by atoms with Crippen LogP contribution in [0.5, 0.6) is 0 Å². The van der Waals surface area contributed by atoms with E-state index in [1.165, 1.54) is 44.8 Å². The molecule has 1 aromatic rings. The Bertz CT molecular complexity index is 720. The van der Waals surface area contributed by atoms with Crippen LogP contribution in [-0.2, 0) is 0 Å². The van der Waals surface area contributed by atoms with Crippen molar-refractivity contribution in [1.29, 1.82) is 0 Å². The number of anilines is 2. The van der Waals surface area contributed by atoms with E-state index in [0.29, 0.717) is 5.92 Å². The van der Waals surface area contributed by atoms with E-state index < -0.39 is 0 Å². The Balaban J connectivity index is 1.22. The first-order valence-electron chi connectivity index (χ1n) is 11.5. The second-order valence-electron chi connectivity index (χ2n) is 8.73. The fourth-order valence-corrected chi connectivity index (χ4v) is 4.05. The van der Waals surface area contributed by atoms with E-state index in [2.05, 4.69) is 64.6 Å². The van der Waals surface area contributed by atoms with Crippen molar-refractivity contribution < 1.29 is 0 Å². The molecule has 1 fully saturated rings. The average molecular weight is 413 g/mol. The van der Waals surface area contributed by atoms with Crippen molar-refractivity contribution in [3.63, 3.8) is 0 Å². The van der Waals surface area contributed by atoms with E-state index >= 15 is 0 Å². The topological polar surface area (TPSA) is 82.6 Å². The van der Waals surface area contributed by atoms with Gasteiger partial charge in [0.05, 0.1) is 0 Å². The molecule has 6 N–H and O–H groups in total. The molecule has 1 aliphatic heterocycles. The van der Waals surface area contributed by atoms with E-state index in [-0.39, 0.29) is 6.04 Å². The van der Waals surface area contributed by atoms with Gasteiger partial charge in [0.15, 0.2) is 0 Å². The van der Waals surface area contributed by atoms with Crippen LogP contribution in [0.4, 0.5) is 11.4 Å². The molecule has 0 aromatic heterocycles. The molecule has 1 aliphatic carbocycles. The smallest absolute Gasteiger partial charge is 0.0345 e. The van der Waals surface area contributed by atoms with E-state index in [0.717, 1.165) is 43.0 Å². The number of nitrogens with two attached hydrogens (primary N) is 2. The van der Waals surface area contributed by atoms with Crippen molar-refractivity contribution in [2.75, 3.05) is 63.4 Å². The summed E-state index contributed by atoms with van der Waals surface area (Å²) < 4.78 is 0. The van der Waals surface area contributed by atoms with Gasteiger partial charge in [-0.05, 0) is 68.6 Å². The van der Waals surface area contributed by atoms with Gasteiger partial charge < -0.3 is 31.9 Å². The molecule has 6 nitrogen and oxygen atoms in total. The first-order valence-corrected chi connectivity index (χ1v) is 11.5. The lowest BCUT2D eigenvalue weighted by molar-refractivity contribution is 0.131. The highest BCUT2D eigenvalue weighted by Crippen LogP contribution is 2.16. The minimum absolute atomic E-state index is 0.157. The number of aryl methyl sites for hydroxylation is 1. The van der Waals surface area contributed by atoms with Crippen LogP contribution in [-0.4, -0.2) is 68.2 Å². The SMILES string of the molecule is Cc1cc(NCCCN2CCN(CCCNC3=CC(C)C(N)C=C3)CC2)ccc1N. The predicted octanol–water partition coefficient (Wildman–Crippen LogP) is 2.39. The summed E-state index contributed by atoms with van der Waals surface area (Å²) >= 11 is 0. The largest absolute Gasteiger partial charge is 0.399 e. The monoisotopic (exact) mass is 412 g/mol. The molecule has 2 aliphatic rings. The van der Waals surface area contributed by atoms with Crippen molar-refractivity contribution in [3.05, 3.63) is 47.7 Å². The van der Waals surface area contributed by atoms with Gasteiger partial charge in [0.1, 0.15) is 0 Å². The zero-order chi connectivity index (χ0) is 21.3. The summed E-state index contributed by atoms with van der Waals surface area (Å²) in [5.41, 5.74) is 16.3. The fraction of sp³-hybridized carbons (Fsp3) is 0.583. The van der Waals surface area contributed by atoms with Crippen LogP contribution in [0.3, 0.4) is 0 Å². The van der Waals surface area contributed by atoms with Gasteiger partial charge in [-0.3, -0.25) is 0 Å². The van der Waals surface area contributed by atoms with Crippen molar-refractivity contribution in [1.82, 2.24) is 15.1 Å². The molecular weight excluding hydrogens is 372 g/mol. The zero-order valence-electron chi connectivity index (χ0n) is 18.7. The second-order valence-corrected chi connectivity index (χ2v) is 8.73. The molecule has 2 atom stereocenters. The van der Waals surface area contributed by atoms with Crippen LogP contribution in [0.1, 0.15) is 25.3 Å². The highest BCUT2D eigenvalue weighted by Gasteiger charge is 2.16. The molecule has 0 amide bonds. The number of nitrogens with one attached hydrogen (secondary N) is 2. The van der Waals surface area contributed by atoms with Gasteiger partial charge >= 0.3 is 0 Å². The molecule has 3 rings (SSSR count). The Hall–Kier alpha value is -2.02. The quantitative estimate of drug-likeness (QED) is 0.349. The summed E-state index contributed by atoms with van der Waals surface area (Å²) in [5.74, 6) is 0.413. The molecule has 2 unspecified atom stereocenters. The molecule has 0 bridgehead atoms. The van der Waals surface area contributed by atoms with Gasteiger partial charge in [-0.1, -0.05) is 19.1 Å². The van der Waals surface area contributed by atoms with Crippen molar-refractivity contribution >= 4 is 11.4 Å². The maximum absolute atomic E-state index is 6.00. The maximum atomic E-state index is 6.00. The number of hydrogen-bond acceptors (Lipinski definition) is 6. The molecular formula is C24H40N6. The minimum atomic E-state index is 0.157. The summed E-state index contributed by atoms with van der Waals surface area (Å²) in [6, 6.07) is 6.32. The fourth-order valence-electron chi connectivity index (χ4n) is 4.05. The van der Waals surface area contributed by atoms with Crippen LogP contribution in [0, 0.1) is 12.8 Å². The van der Waals surface area contributed by atoms with Crippen LogP contribution in [0.2, 0.25) is 0 Å². The van der Waals surface area contributed by atoms with E-state index in [1.807, 2.05) is 6.07 Å². The van der Waals surface area contributed by atoms with Gasteiger partial charge in [0.25, 0.3) is 0 Å². The Morgan fingerprint density at radius 2 is 1.63 bits per heavy atom. The number of piperazine rings is 1. The molecule has 0 saturated carbocycles. The van der Waals surface area contributed by atoms with Crippen molar-refractivity contribution in [2.24, 2.45) is 11.7 Å². The number of rotatable bonds is 10. The zero-order valence-corrected chi connectivity index (χ0v) is 18.7. The number of hydrogen-bond donors (Lipinski definition) is 4. The van der Waals surface area contributed by atoms with Gasteiger partial charge in [0, 0.05) is 62.4 Å². The Kier molecular flexibility index (Phi) is 8.61. The van der Waals surface area contributed by atoms with E-state index in [4.69, 9.17) is 11.5 Å². The lowest BCUT2D eigenvalue weighted by atomic mass is 9.96. The maximum Gasteiger partial charge on any atom is 0.0345 e. The first-order chi connectivity index (χ1) is 14.5. The van der Waals surface area contributed by atoms with Gasteiger partial charge in [-0.2, -0.15) is 0 Å². The third-order valence-electron chi connectivity index (χ3n) is 6.24. The van der Waals surface area contributed by atoms with Gasteiger partial charge in [-0.25, -0.2) is 0 Å². The van der Waals surface area contributed by atoms with Gasteiger partial charge in [-0.15, -0.1) is 0 Å². The minimum Gasteiger partial charge on any atom is -0.399 e. The lowest BCUT2D eigenvalue weighted by Crippen LogP contribution is -2.47. The summed E-state index contributed by atoms with van der Waals surface area (Å²) in [7, 11) is 0. The Labute approximate surface area is 182 Å². The summed E-state index contributed by atoms with van der Waals surface area (Å²) in [4.78, 5) is 5.18.